The van der Waals surface area contributed by atoms with Crippen LogP contribution in [0.4, 0.5) is 5.69 Å². The largest absolute Gasteiger partial charge is 0.496 e. The molecule has 160 valence electrons. The summed E-state index contributed by atoms with van der Waals surface area (Å²) in [7, 11) is 1.60. The van der Waals surface area contributed by atoms with Gasteiger partial charge in [0.25, 0.3) is 5.69 Å². The highest BCUT2D eigenvalue weighted by Gasteiger charge is 2.29. The number of benzene rings is 3. The first-order valence-corrected chi connectivity index (χ1v) is 10.9. The summed E-state index contributed by atoms with van der Waals surface area (Å²) in [6, 6.07) is 15.1. The van der Waals surface area contributed by atoms with E-state index in [1.807, 2.05) is 19.9 Å². The van der Waals surface area contributed by atoms with Crippen LogP contribution < -0.4 is 9.47 Å². The van der Waals surface area contributed by atoms with Gasteiger partial charge in [0.05, 0.1) is 21.0 Å². The highest BCUT2D eigenvalue weighted by Crippen LogP contribution is 2.44. The number of carbonyl (C=O) groups excluding carboxylic acids is 1. The molecular formula is C23H19Br2NO5. The van der Waals surface area contributed by atoms with E-state index in [1.54, 1.807) is 49.6 Å². The molecule has 3 rings (SSSR count). The van der Waals surface area contributed by atoms with Crippen molar-refractivity contribution in [3.63, 3.8) is 0 Å². The summed E-state index contributed by atoms with van der Waals surface area (Å²) in [5, 5.41) is 11.7. The summed E-state index contributed by atoms with van der Waals surface area (Å²) < 4.78 is 12.0. The lowest BCUT2D eigenvalue weighted by atomic mass is 10.0. The zero-order valence-corrected chi connectivity index (χ0v) is 20.2. The number of nitro groups is 1. The first-order chi connectivity index (χ1) is 14.7. The topological polar surface area (TPSA) is 78.7 Å². The number of methoxy groups -OCH3 is 1. The van der Waals surface area contributed by atoms with E-state index in [0.29, 0.717) is 15.8 Å². The van der Waals surface area contributed by atoms with Gasteiger partial charge in [0.1, 0.15) is 17.1 Å². The van der Waals surface area contributed by atoms with E-state index in [1.165, 1.54) is 6.07 Å². The van der Waals surface area contributed by atoms with Crippen molar-refractivity contribution in [2.45, 2.75) is 19.8 Å². The van der Waals surface area contributed by atoms with Gasteiger partial charge in [-0.3, -0.25) is 14.9 Å². The Morgan fingerprint density at radius 3 is 2.32 bits per heavy atom. The molecule has 0 aliphatic heterocycles. The van der Waals surface area contributed by atoms with Gasteiger partial charge in [-0.2, -0.15) is 0 Å². The predicted molar refractivity (Wildman–Crippen MR) is 126 cm³/mol. The number of halogens is 2. The molecule has 0 aromatic heterocycles. The number of nitro benzene ring substituents is 1. The smallest absolute Gasteiger partial charge is 0.283 e. The number of rotatable bonds is 7. The number of ketones is 1. The normalized spacial score (nSPS) is 10.8. The summed E-state index contributed by atoms with van der Waals surface area (Å²) in [5.74, 6) is 1.23. The van der Waals surface area contributed by atoms with Crippen molar-refractivity contribution >= 4 is 43.3 Å². The summed E-state index contributed by atoms with van der Waals surface area (Å²) in [4.78, 5) is 24.2. The average molecular weight is 549 g/mol. The monoisotopic (exact) mass is 547 g/mol. The molecule has 0 saturated heterocycles. The molecule has 0 aliphatic carbocycles. The van der Waals surface area contributed by atoms with Crippen molar-refractivity contribution in [2.24, 2.45) is 0 Å². The quantitative estimate of drug-likeness (QED) is 0.176. The van der Waals surface area contributed by atoms with Crippen LogP contribution in [0, 0.1) is 10.1 Å². The van der Waals surface area contributed by atoms with Crippen molar-refractivity contribution in [3.8, 4) is 17.2 Å². The highest BCUT2D eigenvalue weighted by atomic mass is 79.9. The highest BCUT2D eigenvalue weighted by molar-refractivity contribution is 9.11. The minimum Gasteiger partial charge on any atom is -0.496 e. The molecule has 0 amide bonds. The minimum atomic E-state index is -0.584. The zero-order valence-electron chi connectivity index (χ0n) is 17.0. The molecule has 3 aromatic carbocycles. The molecule has 0 unspecified atom stereocenters. The molecule has 0 saturated carbocycles. The lowest BCUT2D eigenvalue weighted by Crippen LogP contribution is -2.08. The molecule has 0 N–H and O–H groups in total. The molecule has 0 heterocycles. The maximum absolute atomic E-state index is 13.1. The molecule has 3 aromatic rings. The van der Waals surface area contributed by atoms with Gasteiger partial charge in [0.15, 0.2) is 5.75 Å². The Balaban J connectivity index is 2.13. The van der Waals surface area contributed by atoms with E-state index in [4.69, 9.17) is 9.47 Å². The Kier molecular flexibility index (Phi) is 7.12. The van der Waals surface area contributed by atoms with Gasteiger partial charge in [0.2, 0.25) is 5.78 Å². The van der Waals surface area contributed by atoms with E-state index in [0.717, 1.165) is 11.3 Å². The summed E-state index contributed by atoms with van der Waals surface area (Å²) in [6.45, 7) is 4.08. The Hall–Kier alpha value is -2.71. The number of hydrogen-bond acceptors (Lipinski definition) is 5. The molecule has 0 aliphatic rings. The van der Waals surface area contributed by atoms with Gasteiger partial charge in [-0.25, -0.2) is 0 Å². The van der Waals surface area contributed by atoms with E-state index < -0.39 is 10.7 Å². The zero-order chi connectivity index (χ0) is 22.7. The fourth-order valence-corrected chi connectivity index (χ4v) is 4.56. The van der Waals surface area contributed by atoms with Crippen LogP contribution >= 0.6 is 31.9 Å². The molecule has 6 nitrogen and oxygen atoms in total. The lowest BCUT2D eigenvalue weighted by molar-refractivity contribution is -0.385. The van der Waals surface area contributed by atoms with Gasteiger partial charge in [-0.1, -0.05) is 44.2 Å². The SMILES string of the molecule is COc1ccc(Oc2c(Br)cc([N+](=O)[O-])c(C(=O)c3ccccc3)c2Br)cc1C(C)C. The first kappa shape index (κ1) is 23.0. The average Bonchev–Trinajstić information content (AvgIpc) is 2.76. The van der Waals surface area contributed by atoms with Crippen molar-refractivity contribution in [1.82, 2.24) is 0 Å². The first-order valence-electron chi connectivity index (χ1n) is 9.36. The van der Waals surface area contributed by atoms with Gasteiger partial charge >= 0.3 is 0 Å². The summed E-state index contributed by atoms with van der Waals surface area (Å²) in [6.07, 6.45) is 0. The van der Waals surface area contributed by atoms with Crippen LogP contribution in [-0.2, 0) is 0 Å². The maximum atomic E-state index is 13.1. The standard InChI is InChI=1S/C23H19Br2NO5/c1-13(2)16-11-15(9-10-19(16)30-3)31-23-17(24)12-18(26(28)29)20(21(23)25)22(27)14-7-5-4-6-8-14/h4-13H,1-3H3. The van der Waals surface area contributed by atoms with E-state index >= 15 is 0 Å². The number of hydrogen-bond donors (Lipinski definition) is 0. The third-order valence-electron chi connectivity index (χ3n) is 4.66. The second-order valence-corrected chi connectivity index (χ2v) is 8.66. The predicted octanol–water partition coefficient (Wildman–Crippen LogP) is 7.28. The van der Waals surface area contributed by atoms with Crippen molar-refractivity contribution in [3.05, 3.63) is 90.3 Å². The van der Waals surface area contributed by atoms with Crippen LogP contribution in [0.2, 0.25) is 0 Å². The van der Waals surface area contributed by atoms with Gasteiger partial charge < -0.3 is 9.47 Å². The summed E-state index contributed by atoms with van der Waals surface area (Å²) in [5.41, 5.74) is 0.894. The number of carbonyl (C=O) groups is 1. The maximum Gasteiger partial charge on any atom is 0.283 e. The second-order valence-electron chi connectivity index (χ2n) is 7.01. The number of nitrogens with zero attached hydrogens (tertiary/aromatic N) is 1. The molecule has 0 fully saturated rings. The van der Waals surface area contributed by atoms with E-state index in [-0.39, 0.29) is 27.4 Å². The minimum absolute atomic E-state index is 0.0769. The van der Waals surface area contributed by atoms with Crippen molar-refractivity contribution in [2.75, 3.05) is 7.11 Å². The van der Waals surface area contributed by atoms with Crippen LogP contribution in [0.1, 0.15) is 41.3 Å². The molecular weight excluding hydrogens is 530 g/mol. The Labute approximate surface area is 196 Å². The summed E-state index contributed by atoms with van der Waals surface area (Å²) >= 11 is 6.72. The molecule has 8 heteroatoms. The Morgan fingerprint density at radius 1 is 1.06 bits per heavy atom. The van der Waals surface area contributed by atoms with Crippen molar-refractivity contribution in [1.29, 1.82) is 0 Å². The third-order valence-corrected chi connectivity index (χ3v) is 6.00. The fourth-order valence-electron chi connectivity index (χ4n) is 3.12. The van der Waals surface area contributed by atoms with Crippen LogP contribution in [0.15, 0.2) is 63.5 Å². The van der Waals surface area contributed by atoms with Crippen LogP contribution in [0.25, 0.3) is 0 Å². The Bertz CT molecular complexity index is 1150. The third kappa shape index (κ3) is 4.80. The second kappa shape index (κ2) is 9.62. The molecule has 0 radical (unpaired) electrons. The molecule has 31 heavy (non-hydrogen) atoms. The fraction of sp³-hybridized carbons (Fsp3) is 0.174. The molecule has 0 bridgehead atoms. The van der Waals surface area contributed by atoms with E-state index in [9.17, 15) is 14.9 Å². The van der Waals surface area contributed by atoms with Crippen LogP contribution in [0.5, 0.6) is 17.2 Å². The van der Waals surface area contributed by atoms with Gasteiger partial charge in [-0.15, -0.1) is 0 Å². The molecule has 0 atom stereocenters. The molecule has 0 spiro atoms. The van der Waals surface area contributed by atoms with Gasteiger partial charge in [0, 0.05) is 17.2 Å². The van der Waals surface area contributed by atoms with Crippen LogP contribution in [-0.4, -0.2) is 17.8 Å². The Morgan fingerprint density at radius 2 is 1.74 bits per heavy atom. The van der Waals surface area contributed by atoms with Crippen LogP contribution in [0.3, 0.4) is 0 Å². The lowest BCUT2D eigenvalue weighted by Gasteiger charge is -2.16. The van der Waals surface area contributed by atoms with Crippen molar-refractivity contribution < 1.29 is 19.2 Å². The van der Waals surface area contributed by atoms with E-state index in [2.05, 4.69) is 31.9 Å². The number of ether oxygens (including phenoxy) is 2. The van der Waals surface area contributed by atoms with Gasteiger partial charge in [-0.05, 0) is 56.0 Å².